The van der Waals surface area contributed by atoms with E-state index >= 15 is 0 Å². The number of hydrogen-bond donors (Lipinski definition) is 1. The molecule has 4 atom stereocenters. The summed E-state index contributed by atoms with van der Waals surface area (Å²) in [6.07, 6.45) is 6.47. The lowest BCUT2D eigenvalue weighted by Gasteiger charge is -2.36. The monoisotopic (exact) mass is 235 g/mol. The van der Waals surface area contributed by atoms with E-state index < -0.39 is 0 Å². The van der Waals surface area contributed by atoms with Gasteiger partial charge in [-0.25, -0.2) is 0 Å². The zero-order chi connectivity index (χ0) is 11.9. The van der Waals surface area contributed by atoms with Gasteiger partial charge in [-0.1, -0.05) is 0 Å². The van der Waals surface area contributed by atoms with E-state index in [1.807, 2.05) is 7.05 Å². The second-order valence-electron chi connectivity index (χ2n) is 5.75. The molecule has 4 unspecified atom stereocenters. The predicted molar refractivity (Wildman–Crippen MR) is 64.5 cm³/mol. The lowest BCUT2D eigenvalue weighted by Crippen LogP contribution is -2.48. The minimum Gasteiger partial charge on any atom is -0.372 e. The summed E-state index contributed by atoms with van der Waals surface area (Å²) in [5.74, 6) is 0. The highest BCUT2D eigenvalue weighted by Crippen LogP contribution is 2.36. The van der Waals surface area contributed by atoms with Crippen molar-refractivity contribution in [2.75, 3.05) is 20.1 Å². The van der Waals surface area contributed by atoms with Crippen LogP contribution in [0.3, 0.4) is 0 Å². The van der Waals surface area contributed by atoms with E-state index in [4.69, 9.17) is 4.74 Å². The lowest BCUT2D eigenvalue weighted by molar-refractivity contribution is -0.0523. The minimum absolute atomic E-state index is 0.276. The molecule has 1 N–H and O–H groups in total. The van der Waals surface area contributed by atoms with Crippen LogP contribution in [0.15, 0.2) is 0 Å². The van der Waals surface area contributed by atoms with Crippen LogP contribution < -0.4 is 5.32 Å². The van der Waals surface area contributed by atoms with E-state index in [2.05, 4.69) is 16.3 Å². The Hall–Kier alpha value is -0.630. The van der Waals surface area contributed by atoms with Crippen LogP contribution in [0.25, 0.3) is 0 Å². The van der Waals surface area contributed by atoms with Gasteiger partial charge in [-0.3, -0.25) is 4.90 Å². The third-order valence-electron chi connectivity index (χ3n) is 4.77. The highest BCUT2D eigenvalue weighted by atomic mass is 16.5. The maximum atomic E-state index is 9.29. The van der Waals surface area contributed by atoms with Crippen molar-refractivity contribution >= 4 is 0 Å². The number of nitrogens with one attached hydrogen (secondary N) is 1. The van der Waals surface area contributed by atoms with Crippen molar-refractivity contribution in [3.63, 3.8) is 0 Å². The summed E-state index contributed by atoms with van der Waals surface area (Å²) >= 11 is 0. The Balaban J connectivity index is 1.65. The molecule has 3 rings (SSSR count). The van der Waals surface area contributed by atoms with Crippen LogP contribution in [0.1, 0.15) is 32.1 Å². The zero-order valence-corrected chi connectivity index (χ0v) is 10.5. The molecule has 0 radical (unpaired) electrons. The molecule has 3 aliphatic rings. The molecule has 0 amide bonds. The fraction of sp³-hybridized carbons (Fsp3) is 0.923. The van der Waals surface area contributed by atoms with Crippen molar-refractivity contribution in [3.05, 3.63) is 0 Å². The van der Waals surface area contributed by atoms with Gasteiger partial charge in [-0.15, -0.1) is 0 Å². The molecule has 0 aromatic carbocycles. The number of likely N-dealkylation sites (tertiary alicyclic amines) is 1. The van der Waals surface area contributed by atoms with Gasteiger partial charge in [0.05, 0.1) is 18.3 Å². The topological polar surface area (TPSA) is 48.3 Å². The molecule has 2 heterocycles. The Bertz CT molecular complexity index is 328. The van der Waals surface area contributed by atoms with E-state index in [0.717, 1.165) is 32.4 Å². The quantitative estimate of drug-likeness (QED) is 0.772. The van der Waals surface area contributed by atoms with Gasteiger partial charge in [0.2, 0.25) is 0 Å². The summed E-state index contributed by atoms with van der Waals surface area (Å²) in [6.45, 7) is 2.15. The average Bonchev–Trinajstić information content (AvgIpc) is 2.94. The molecule has 2 saturated heterocycles. The average molecular weight is 235 g/mol. The van der Waals surface area contributed by atoms with Crippen molar-refractivity contribution in [2.45, 2.75) is 55.9 Å². The maximum absolute atomic E-state index is 9.29. The second kappa shape index (κ2) is 4.24. The van der Waals surface area contributed by atoms with Crippen LogP contribution in [-0.2, 0) is 4.74 Å². The fourth-order valence-corrected chi connectivity index (χ4v) is 3.66. The van der Waals surface area contributed by atoms with E-state index in [0.29, 0.717) is 18.2 Å². The van der Waals surface area contributed by atoms with Crippen molar-refractivity contribution in [2.24, 2.45) is 0 Å². The van der Waals surface area contributed by atoms with Crippen LogP contribution in [-0.4, -0.2) is 48.8 Å². The lowest BCUT2D eigenvalue weighted by atomic mass is 9.99. The molecular weight excluding hydrogens is 214 g/mol. The summed E-state index contributed by atoms with van der Waals surface area (Å²) in [6, 6.07) is 3.04. The van der Waals surface area contributed by atoms with E-state index in [1.54, 1.807) is 0 Å². The summed E-state index contributed by atoms with van der Waals surface area (Å²) in [4.78, 5) is 2.57. The van der Waals surface area contributed by atoms with E-state index in [-0.39, 0.29) is 5.54 Å². The molecule has 4 nitrogen and oxygen atoms in total. The summed E-state index contributed by atoms with van der Waals surface area (Å²) in [7, 11) is 1.91. The first-order valence-corrected chi connectivity index (χ1v) is 6.74. The van der Waals surface area contributed by atoms with Gasteiger partial charge in [-0.05, 0) is 39.2 Å². The van der Waals surface area contributed by atoms with Crippen molar-refractivity contribution in [3.8, 4) is 6.07 Å². The molecule has 3 fully saturated rings. The van der Waals surface area contributed by atoms with Gasteiger partial charge in [-0.2, -0.15) is 5.26 Å². The van der Waals surface area contributed by atoms with Gasteiger partial charge in [0.1, 0.15) is 5.54 Å². The van der Waals surface area contributed by atoms with Crippen molar-refractivity contribution in [1.29, 1.82) is 5.26 Å². The SMILES string of the molecule is CNC1(C#N)CCC(N2CC3CCC(C2)O3)C1. The number of ether oxygens (including phenoxy) is 1. The minimum atomic E-state index is -0.276. The third-order valence-corrected chi connectivity index (χ3v) is 4.77. The third kappa shape index (κ3) is 1.97. The summed E-state index contributed by atoms with van der Waals surface area (Å²) in [5.41, 5.74) is -0.276. The highest BCUT2D eigenvalue weighted by Gasteiger charge is 2.44. The van der Waals surface area contributed by atoms with E-state index in [1.165, 1.54) is 12.8 Å². The predicted octanol–water partition coefficient (Wildman–Crippen LogP) is 0.884. The Morgan fingerprint density at radius 3 is 2.53 bits per heavy atom. The molecule has 1 aliphatic carbocycles. The molecule has 4 heteroatoms. The molecule has 0 aromatic heterocycles. The standard InChI is InChI=1S/C13H21N3O/c1-15-13(9-14)5-4-10(6-13)16-7-11-2-3-12(8-16)17-11/h10-12,15H,2-8H2,1H3. The van der Waals surface area contributed by atoms with Gasteiger partial charge in [0, 0.05) is 19.1 Å². The fourth-order valence-electron chi connectivity index (χ4n) is 3.66. The number of fused-ring (bicyclic) bond motifs is 2. The van der Waals surface area contributed by atoms with Crippen LogP contribution in [0.2, 0.25) is 0 Å². The van der Waals surface area contributed by atoms with Crippen LogP contribution in [0.5, 0.6) is 0 Å². The number of rotatable bonds is 2. The molecule has 0 spiro atoms. The van der Waals surface area contributed by atoms with Crippen molar-refractivity contribution < 1.29 is 4.74 Å². The largest absolute Gasteiger partial charge is 0.372 e. The van der Waals surface area contributed by atoms with E-state index in [9.17, 15) is 5.26 Å². The smallest absolute Gasteiger partial charge is 0.108 e. The first-order chi connectivity index (χ1) is 8.24. The molecule has 17 heavy (non-hydrogen) atoms. The Morgan fingerprint density at radius 2 is 2.00 bits per heavy atom. The van der Waals surface area contributed by atoms with Gasteiger partial charge in [0.25, 0.3) is 0 Å². The first-order valence-electron chi connectivity index (χ1n) is 6.74. The van der Waals surface area contributed by atoms with Crippen molar-refractivity contribution in [1.82, 2.24) is 10.2 Å². The molecule has 94 valence electrons. The van der Waals surface area contributed by atoms with Crippen LogP contribution >= 0.6 is 0 Å². The normalized spacial score (nSPS) is 46.0. The molecule has 1 saturated carbocycles. The number of morpholine rings is 1. The number of nitriles is 1. The number of hydrogen-bond acceptors (Lipinski definition) is 4. The Morgan fingerprint density at radius 1 is 1.29 bits per heavy atom. The maximum Gasteiger partial charge on any atom is 0.108 e. The first kappa shape index (κ1) is 11.5. The molecular formula is C13H21N3O. The van der Waals surface area contributed by atoms with Crippen LogP contribution in [0, 0.1) is 11.3 Å². The molecule has 2 bridgehead atoms. The number of nitrogens with zero attached hydrogens (tertiary/aromatic N) is 2. The van der Waals surface area contributed by atoms with Gasteiger partial charge >= 0.3 is 0 Å². The summed E-state index contributed by atoms with van der Waals surface area (Å²) in [5, 5.41) is 12.5. The van der Waals surface area contributed by atoms with Crippen LogP contribution in [0.4, 0.5) is 0 Å². The Labute approximate surface area is 103 Å². The van der Waals surface area contributed by atoms with Gasteiger partial charge in [0.15, 0.2) is 0 Å². The molecule has 0 aromatic rings. The summed E-state index contributed by atoms with van der Waals surface area (Å²) < 4.78 is 5.87. The Kier molecular flexibility index (Phi) is 2.86. The molecule has 2 aliphatic heterocycles. The zero-order valence-electron chi connectivity index (χ0n) is 10.5. The van der Waals surface area contributed by atoms with Gasteiger partial charge < -0.3 is 10.1 Å². The second-order valence-corrected chi connectivity index (χ2v) is 5.75. The highest BCUT2D eigenvalue weighted by molar-refractivity contribution is 5.13.